The van der Waals surface area contributed by atoms with E-state index in [-0.39, 0.29) is 17.9 Å². The maximum absolute atomic E-state index is 12.1. The Morgan fingerprint density at radius 3 is 2.17 bits per heavy atom. The molecule has 0 aromatic rings. The van der Waals surface area contributed by atoms with Gasteiger partial charge in [-0.05, 0) is 25.7 Å². The van der Waals surface area contributed by atoms with Gasteiger partial charge in [-0.25, -0.2) is 10.3 Å². The van der Waals surface area contributed by atoms with Gasteiger partial charge >= 0.3 is 6.03 Å². The third-order valence-corrected chi connectivity index (χ3v) is 3.72. The highest BCUT2D eigenvalue weighted by Gasteiger charge is 2.30. The van der Waals surface area contributed by atoms with Crippen molar-refractivity contribution in [2.45, 2.75) is 25.7 Å². The van der Waals surface area contributed by atoms with Crippen molar-refractivity contribution in [3.05, 3.63) is 0 Å². The monoisotopic (exact) mass is 255 g/mol. The number of hydrogen-bond acceptors (Lipinski definition) is 3. The second-order valence-corrected chi connectivity index (χ2v) is 4.91. The average Bonchev–Trinajstić information content (AvgIpc) is 2.92. The summed E-state index contributed by atoms with van der Waals surface area (Å²) in [5, 5.41) is 0. The molecule has 0 aromatic heterocycles. The van der Waals surface area contributed by atoms with Crippen LogP contribution >= 0.6 is 0 Å². The Kier molecular flexibility index (Phi) is 4.41. The number of nitrogens with zero attached hydrogens (tertiary/aromatic N) is 2. The number of amides is 3. The molecule has 18 heavy (non-hydrogen) atoms. The molecule has 6 heteroatoms. The van der Waals surface area contributed by atoms with Crippen molar-refractivity contribution in [2.24, 2.45) is 5.92 Å². The summed E-state index contributed by atoms with van der Waals surface area (Å²) in [4.78, 5) is 32.1. The minimum absolute atomic E-state index is 0.0346. The molecule has 0 unspecified atom stereocenters. The number of likely N-dealkylation sites (tertiary alicyclic amines) is 2. The number of hydroxylamine groups is 1. The summed E-state index contributed by atoms with van der Waals surface area (Å²) < 4.78 is 0. The van der Waals surface area contributed by atoms with E-state index in [4.69, 9.17) is 0 Å². The summed E-state index contributed by atoms with van der Waals surface area (Å²) in [6, 6.07) is 0.137. The summed E-state index contributed by atoms with van der Waals surface area (Å²) in [6.45, 7) is 3.08. The zero-order chi connectivity index (χ0) is 13.0. The molecule has 2 aliphatic rings. The fraction of sp³-hybridized carbons (Fsp3) is 0.833. The van der Waals surface area contributed by atoms with E-state index >= 15 is 0 Å². The van der Waals surface area contributed by atoms with Crippen molar-refractivity contribution < 1.29 is 14.4 Å². The Bertz CT molecular complexity index is 308. The van der Waals surface area contributed by atoms with Crippen molar-refractivity contribution >= 4 is 11.9 Å². The molecule has 6 nitrogen and oxygen atoms in total. The van der Waals surface area contributed by atoms with Crippen LogP contribution in [0.25, 0.3) is 0 Å². The van der Waals surface area contributed by atoms with Gasteiger partial charge in [-0.2, -0.15) is 0 Å². The lowest BCUT2D eigenvalue weighted by Gasteiger charge is -2.33. The number of rotatable bonds is 2. The standard InChI is InChI=1S/C12H21N3O3/c1-18-13-11(16)10-4-8-15(9-5-10)12(17)14-6-2-3-7-14/h10H,2-9H2,1H3,(H,13,16). The molecular weight excluding hydrogens is 234 g/mol. The molecule has 2 rings (SSSR count). The number of nitrogens with one attached hydrogen (secondary N) is 1. The molecule has 0 aliphatic carbocycles. The Morgan fingerprint density at radius 2 is 1.61 bits per heavy atom. The SMILES string of the molecule is CONC(=O)C1CCN(C(=O)N2CCCC2)CC1. The van der Waals surface area contributed by atoms with Gasteiger partial charge in [0.25, 0.3) is 0 Å². The van der Waals surface area contributed by atoms with E-state index < -0.39 is 0 Å². The largest absolute Gasteiger partial charge is 0.325 e. The molecule has 0 atom stereocenters. The first-order chi connectivity index (χ1) is 8.72. The number of carbonyl (C=O) groups excluding carboxylic acids is 2. The lowest BCUT2D eigenvalue weighted by atomic mass is 9.96. The number of hydrogen-bond donors (Lipinski definition) is 1. The summed E-state index contributed by atoms with van der Waals surface area (Å²) in [6.07, 6.45) is 3.65. The van der Waals surface area contributed by atoms with Gasteiger partial charge in [0.2, 0.25) is 5.91 Å². The van der Waals surface area contributed by atoms with Crippen molar-refractivity contribution in [3.8, 4) is 0 Å². The zero-order valence-corrected chi connectivity index (χ0v) is 10.9. The smallest absolute Gasteiger partial charge is 0.319 e. The van der Waals surface area contributed by atoms with Gasteiger partial charge in [0.1, 0.15) is 0 Å². The van der Waals surface area contributed by atoms with Gasteiger partial charge in [0, 0.05) is 32.1 Å². The summed E-state index contributed by atoms with van der Waals surface area (Å²) in [5.74, 6) is -0.113. The van der Waals surface area contributed by atoms with Gasteiger partial charge in [0.05, 0.1) is 7.11 Å². The highest BCUT2D eigenvalue weighted by atomic mass is 16.6. The van der Waals surface area contributed by atoms with E-state index in [1.54, 1.807) is 0 Å². The molecule has 3 amide bonds. The second kappa shape index (κ2) is 6.04. The van der Waals surface area contributed by atoms with Crippen LogP contribution in [-0.4, -0.2) is 55.0 Å². The first-order valence-corrected chi connectivity index (χ1v) is 6.59. The van der Waals surface area contributed by atoms with E-state index in [1.807, 2.05) is 9.80 Å². The average molecular weight is 255 g/mol. The van der Waals surface area contributed by atoms with Gasteiger partial charge in [-0.15, -0.1) is 0 Å². The quantitative estimate of drug-likeness (QED) is 0.735. The summed E-state index contributed by atoms with van der Waals surface area (Å²) in [5.41, 5.74) is 2.36. The molecule has 0 bridgehead atoms. The van der Waals surface area contributed by atoms with Gasteiger partial charge in [-0.1, -0.05) is 0 Å². The first-order valence-electron chi connectivity index (χ1n) is 6.59. The second-order valence-electron chi connectivity index (χ2n) is 4.91. The number of urea groups is 1. The predicted molar refractivity (Wildman–Crippen MR) is 65.7 cm³/mol. The van der Waals surface area contributed by atoms with Crippen LogP contribution in [0.3, 0.4) is 0 Å². The normalized spacial score (nSPS) is 21.2. The minimum atomic E-state index is -0.0780. The van der Waals surface area contributed by atoms with E-state index in [1.165, 1.54) is 7.11 Å². The first kappa shape index (κ1) is 13.1. The molecule has 102 valence electrons. The van der Waals surface area contributed by atoms with E-state index in [2.05, 4.69) is 10.3 Å². The maximum atomic E-state index is 12.1. The van der Waals surface area contributed by atoms with E-state index in [0.717, 1.165) is 38.8 Å². The third-order valence-electron chi connectivity index (χ3n) is 3.72. The molecule has 0 saturated carbocycles. The molecule has 1 N–H and O–H groups in total. The summed E-state index contributed by atoms with van der Waals surface area (Å²) in [7, 11) is 1.43. The minimum Gasteiger partial charge on any atom is -0.325 e. The van der Waals surface area contributed by atoms with Crippen LogP contribution in [0, 0.1) is 5.92 Å². The molecule has 2 saturated heterocycles. The molecule has 2 aliphatic heterocycles. The topological polar surface area (TPSA) is 61.9 Å². The van der Waals surface area contributed by atoms with Crippen LogP contribution in [0.5, 0.6) is 0 Å². The van der Waals surface area contributed by atoms with Crippen LogP contribution in [0.15, 0.2) is 0 Å². The van der Waals surface area contributed by atoms with E-state index in [9.17, 15) is 9.59 Å². The fourth-order valence-corrected chi connectivity index (χ4v) is 2.63. The number of piperidine rings is 1. The van der Waals surface area contributed by atoms with Crippen molar-refractivity contribution in [3.63, 3.8) is 0 Å². The van der Waals surface area contributed by atoms with E-state index in [0.29, 0.717) is 13.1 Å². The highest BCUT2D eigenvalue weighted by molar-refractivity contribution is 5.79. The molecule has 2 fully saturated rings. The van der Waals surface area contributed by atoms with Gasteiger partial charge < -0.3 is 9.80 Å². The lowest BCUT2D eigenvalue weighted by Crippen LogP contribution is -2.47. The highest BCUT2D eigenvalue weighted by Crippen LogP contribution is 2.20. The Morgan fingerprint density at radius 1 is 1.06 bits per heavy atom. The third kappa shape index (κ3) is 2.93. The van der Waals surface area contributed by atoms with Crippen molar-refractivity contribution in [1.82, 2.24) is 15.3 Å². The lowest BCUT2D eigenvalue weighted by molar-refractivity contribution is -0.136. The number of carbonyl (C=O) groups is 2. The van der Waals surface area contributed by atoms with Crippen LogP contribution in [0.4, 0.5) is 4.79 Å². The van der Waals surface area contributed by atoms with Crippen LogP contribution in [0.2, 0.25) is 0 Å². The molecule has 2 heterocycles. The summed E-state index contributed by atoms with van der Waals surface area (Å²) >= 11 is 0. The Balaban J connectivity index is 1.79. The Labute approximate surface area is 107 Å². The van der Waals surface area contributed by atoms with Crippen molar-refractivity contribution in [2.75, 3.05) is 33.3 Å². The van der Waals surface area contributed by atoms with Crippen molar-refractivity contribution in [1.29, 1.82) is 0 Å². The molecule has 0 aromatic carbocycles. The molecular formula is C12H21N3O3. The fourth-order valence-electron chi connectivity index (χ4n) is 2.63. The van der Waals surface area contributed by atoms with Crippen LogP contribution in [0.1, 0.15) is 25.7 Å². The predicted octanol–water partition coefficient (Wildman–Crippen LogP) is 0.592. The molecule has 0 radical (unpaired) electrons. The van der Waals surface area contributed by atoms with Crippen LogP contribution in [-0.2, 0) is 9.63 Å². The molecule has 0 spiro atoms. The zero-order valence-electron chi connectivity index (χ0n) is 10.9. The maximum Gasteiger partial charge on any atom is 0.319 e. The Hall–Kier alpha value is -1.30. The van der Waals surface area contributed by atoms with Crippen LogP contribution < -0.4 is 5.48 Å². The van der Waals surface area contributed by atoms with Gasteiger partial charge in [0.15, 0.2) is 0 Å². The van der Waals surface area contributed by atoms with Gasteiger partial charge in [-0.3, -0.25) is 9.63 Å².